The molecule has 0 spiro atoms. The van der Waals surface area contributed by atoms with Crippen LogP contribution in [-0.2, 0) is 4.79 Å². The second-order valence-electron chi connectivity index (χ2n) is 7.36. The van der Waals surface area contributed by atoms with Gasteiger partial charge in [-0.3, -0.25) is 9.69 Å². The Balaban J connectivity index is 1.53. The number of ether oxygens (including phenoxy) is 1. The van der Waals surface area contributed by atoms with Crippen LogP contribution in [-0.4, -0.2) is 42.0 Å². The molecule has 3 aliphatic rings. The molecular weight excluding hydrogens is 302 g/mol. The van der Waals surface area contributed by atoms with Crippen molar-refractivity contribution < 1.29 is 9.53 Å². The number of fused-ring (bicyclic) bond motifs is 1. The average molecular weight is 325 g/mol. The van der Waals surface area contributed by atoms with Crippen LogP contribution in [0.3, 0.4) is 0 Å². The van der Waals surface area contributed by atoms with Crippen LogP contribution in [0, 0.1) is 23.2 Å². The molecule has 5 nitrogen and oxygen atoms in total. The Morgan fingerprint density at radius 1 is 1.29 bits per heavy atom. The molecule has 0 aromatic heterocycles. The van der Waals surface area contributed by atoms with E-state index in [1.807, 2.05) is 12.1 Å². The molecule has 2 saturated carbocycles. The van der Waals surface area contributed by atoms with Crippen LogP contribution in [0.25, 0.3) is 0 Å². The summed E-state index contributed by atoms with van der Waals surface area (Å²) in [5.41, 5.74) is 6.78. The number of carbonyl (C=O) groups excluding carboxylic acids is 1. The summed E-state index contributed by atoms with van der Waals surface area (Å²) in [7, 11) is 0. The quantitative estimate of drug-likeness (QED) is 0.915. The SMILES string of the molecule is N#Cc1ccc(OC2C3CC(=O)C3CC2N2CCCC(N)C2)cc1. The van der Waals surface area contributed by atoms with Crippen LogP contribution in [0.2, 0.25) is 0 Å². The second kappa shape index (κ2) is 6.19. The lowest BCUT2D eigenvalue weighted by Gasteiger charge is -2.39. The standard InChI is InChI=1S/C19H23N3O2/c20-10-12-3-5-14(6-4-12)24-19-16-9-18(23)15(16)8-17(19)22-7-1-2-13(21)11-22/h3-6,13,15-17,19H,1-2,7-9,11,21H2. The number of carbonyl (C=O) groups is 1. The first-order valence-electron chi connectivity index (χ1n) is 8.85. The monoisotopic (exact) mass is 325 g/mol. The highest BCUT2D eigenvalue weighted by atomic mass is 16.5. The Morgan fingerprint density at radius 2 is 2.08 bits per heavy atom. The molecule has 2 aliphatic carbocycles. The number of Topliss-reactive ketones (excluding diaryl/α,β-unsaturated/α-hetero) is 1. The van der Waals surface area contributed by atoms with Gasteiger partial charge in [-0.15, -0.1) is 0 Å². The minimum Gasteiger partial charge on any atom is -0.488 e. The summed E-state index contributed by atoms with van der Waals surface area (Å²) >= 11 is 0. The lowest BCUT2D eigenvalue weighted by molar-refractivity contribution is -0.134. The van der Waals surface area contributed by atoms with Crippen molar-refractivity contribution in [1.82, 2.24) is 4.90 Å². The Morgan fingerprint density at radius 3 is 2.75 bits per heavy atom. The van der Waals surface area contributed by atoms with Crippen molar-refractivity contribution in [3.05, 3.63) is 29.8 Å². The highest BCUT2D eigenvalue weighted by Gasteiger charge is 2.56. The number of nitriles is 1. The lowest BCUT2D eigenvalue weighted by atomic mass is 9.74. The third-order valence-electron chi connectivity index (χ3n) is 5.88. The summed E-state index contributed by atoms with van der Waals surface area (Å²) in [4.78, 5) is 14.4. The zero-order chi connectivity index (χ0) is 16.7. The topological polar surface area (TPSA) is 79.3 Å². The highest BCUT2D eigenvalue weighted by molar-refractivity contribution is 5.88. The number of likely N-dealkylation sites (tertiary alicyclic amines) is 1. The van der Waals surface area contributed by atoms with E-state index in [-0.39, 0.29) is 24.1 Å². The Kier molecular flexibility index (Phi) is 4.03. The molecule has 1 aromatic carbocycles. The van der Waals surface area contributed by atoms with E-state index in [1.54, 1.807) is 12.1 Å². The van der Waals surface area contributed by atoms with E-state index in [9.17, 15) is 4.79 Å². The van der Waals surface area contributed by atoms with E-state index < -0.39 is 0 Å². The van der Waals surface area contributed by atoms with Gasteiger partial charge in [0.25, 0.3) is 0 Å². The van der Waals surface area contributed by atoms with Crippen molar-refractivity contribution in [2.24, 2.45) is 17.6 Å². The minimum atomic E-state index is 0.0472. The third kappa shape index (κ3) is 2.70. The van der Waals surface area contributed by atoms with Gasteiger partial charge >= 0.3 is 0 Å². The van der Waals surface area contributed by atoms with Crippen molar-refractivity contribution >= 4 is 5.78 Å². The number of rotatable bonds is 3. The predicted molar refractivity (Wildman–Crippen MR) is 89.4 cm³/mol. The van der Waals surface area contributed by atoms with E-state index in [1.165, 1.54) is 0 Å². The Labute approximate surface area is 142 Å². The zero-order valence-electron chi connectivity index (χ0n) is 13.7. The van der Waals surface area contributed by atoms with Gasteiger partial charge in [-0.25, -0.2) is 0 Å². The van der Waals surface area contributed by atoms with Crippen molar-refractivity contribution in [2.45, 2.75) is 43.9 Å². The fourth-order valence-corrected chi connectivity index (χ4v) is 4.56. The van der Waals surface area contributed by atoms with Gasteiger partial charge in [0.2, 0.25) is 0 Å². The van der Waals surface area contributed by atoms with Gasteiger partial charge in [0.15, 0.2) is 0 Å². The molecule has 5 unspecified atom stereocenters. The number of benzene rings is 1. The van der Waals surface area contributed by atoms with Gasteiger partial charge in [0.05, 0.1) is 11.6 Å². The van der Waals surface area contributed by atoms with E-state index in [0.29, 0.717) is 23.7 Å². The Bertz CT molecular complexity index is 666. The Hall–Kier alpha value is -1.90. The van der Waals surface area contributed by atoms with Crippen LogP contribution >= 0.6 is 0 Å². The van der Waals surface area contributed by atoms with Crippen molar-refractivity contribution in [2.75, 3.05) is 13.1 Å². The van der Waals surface area contributed by atoms with E-state index in [4.69, 9.17) is 15.7 Å². The summed E-state index contributed by atoms with van der Waals surface area (Å²) < 4.78 is 6.31. The number of hydrogen-bond donors (Lipinski definition) is 1. The molecule has 0 radical (unpaired) electrons. The van der Waals surface area contributed by atoms with Crippen molar-refractivity contribution in [3.63, 3.8) is 0 Å². The van der Waals surface area contributed by atoms with Gasteiger partial charge in [0.1, 0.15) is 17.6 Å². The minimum absolute atomic E-state index is 0.0472. The maximum absolute atomic E-state index is 12.0. The predicted octanol–water partition coefficient (Wildman–Crippen LogP) is 1.71. The zero-order valence-corrected chi connectivity index (χ0v) is 13.7. The second-order valence-corrected chi connectivity index (χ2v) is 7.36. The fourth-order valence-electron chi connectivity index (χ4n) is 4.56. The van der Waals surface area contributed by atoms with Crippen LogP contribution in [0.15, 0.2) is 24.3 Å². The summed E-state index contributed by atoms with van der Waals surface area (Å²) in [5, 5.41) is 8.92. The smallest absolute Gasteiger partial charge is 0.136 e. The first-order valence-corrected chi connectivity index (χ1v) is 8.85. The van der Waals surface area contributed by atoms with Gasteiger partial charge in [-0.1, -0.05) is 0 Å². The fraction of sp³-hybridized carbons (Fsp3) is 0.579. The molecule has 1 heterocycles. The molecule has 0 bridgehead atoms. The average Bonchev–Trinajstić information content (AvgIpc) is 2.88. The third-order valence-corrected chi connectivity index (χ3v) is 5.88. The van der Waals surface area contributed by atoms with Gasteiger partial charge in [-0.05, 0) is 50.1 Å². The number of piperidine rings is 1. The normalized spacial score (nSPS) is 35.8. The maximum Gasteiger partial charge on any atom is 0.136 e. The summed E-state index contributed by atoms with van der Waals surface area (Å²) in [6, 6.07) is 9.88. The molecule has 24 heavy (non-hydrogen) atoms. The lowest BCUT2D eigenvalue weighted by Crippen LogP contribution is -2.52. The first-order chi connectivity index (χ1) is 11.7. The van der Waals surface area contributed by atoms with Crippen molar-refractivity contribution in [3.8, 4) is 11.8 Å². The van der Waals surface area contributed by atoms with Crippen molar-refractivity contribution in [1.29, 1.82) is 5.26 Å². The number of nitrogens with two attached hydrogens (primary N) is 1. The van der Waals surface area contributed by atoms with E-state index >= 15 is 0 Å². The number of ketones is 1. The van der Waals surface area contributed by atoms with Crippen LogP contribution in [0.1, 0.15) is 31.2 Å². The molecule has 1 saturated heterocycles. The molecule has 4 rings (SSSR count). The summed E-state index contributed by atoms with van der Waals surface area (Å²) in [6.07, 6.45) is 3.78. The molecular formula is C19H23N3O2. The highest BCUT2D eigenvalue weighted by Crippen LogP contribution is 2.48. The van der Waals surface area contributed by atoms with Crippen LogP contribution in [0.4, 0.5) is 0 Å². The molecule has 0 amide bonds. The molecule has 126 valence electrons. The molecule has 1 aliphatic heterocycles. The molecule has 1 aromatic rings. The maximum atomic E-state index is 12.0. The molecule has 2 N–H and O–H groups in total. The molecule has 3 fully saturated rings. The molecule has 5 heteroatoms. The summed E-state index contributed by atoms with van der Waals surface area (Å²) in [6.45, 7) is 1.94. The largest absolute Gasteiger partial charge is 0.488 e. The van der Waals surface area contributed by atoms with E-state index in [2.05, 4.69) is 11.0 Å². The van der Waals surface area contributed by atoms with Gasteiger partial charge in [-0.2, -0.15) is 5.26 Å². The van der Waals surface area contributed by atoms with Gasteiger partial charge in [0, 0.05) is 36.9 Å². The molecule has 5 atom stereocenters. The number of hydrogen-bond acceptors (Lipinski definition) is 5. The number of nitrogens with zero attached hydrogens (tertiary/aromatic N) is 2. The van der Waals surface area contributed by atoms with Crippen LogP contribution in [0.5, 0.6) is 5.75 Å². The van der Waals surface area contributed by atoms with Gasteiger partial charge < -0.3 is 10.5 Å². The van der Waals surface area contributed by atoms with E-state index in [0.717, 1.165) is 38.1 Å². The summed E-state index contributed by atoms with van der Waals surface area (Å²) in [5.74, 6) is 1.66. The first kappa shape index (κ1) is 15.6. The van der Waals surface area contributed by atoms with Crippen LogP contribution < -0.4 is 10.5 Å².